The predicted molar refractivity (Wildman–Crippen MR) is 171 cm³/mol. The fourth-order valence-corrected chi connectivity index (χ4v) is 21.4. The molecule has 0 N–H and O–H groups in total. The molecule has 0 amide bonds. The Morgan fingerprint density at radius 2 is 1.38 bits per heavy atom. The molecule has 0 atom stereocenters. The van der Waals surface area contributed by atoms with Crippen LogP contribution >= 0.6 is 0 Å². The van der Waals surface area contributed by atoms with Gasteiger partial charge in [-0.15, -0.1) is 0 Å². The summed E-state index contributed by atoms with van der Waals surface area (Å²) in [4.78, 5) is 7.07. The van der Waals surface area contributed by atoms with Crippen molar-refractivity contribution < 1.29 is 18.6 Å². The maximum absolute atomic E-state index is 12.2. The van der Waals surface area contributed by atoms with E-state index in [0.717, 1.165) is 22.6 Å². The molecule has 7 heteroatoms. The van der Waals surface area contributed by atoms with Crippen molar-refractivity contribution in [2.75, 3.05) is 58.7 Å². The number of alkyl halides is 1. The Balaban J connectivity index is 2.40. The van der Waals surface area contributed by atoms with Gasteiger partial charge in [-0.3, -0.25) is 0 Å². The molecule has 0 aliphatic heterocycles. The number of aromatic nitrogens is 1. The fourth-order valence-electron chi connectivity index (χ4n) is 5.14. The second kappa shape index (κ2) is 19.5. The van der Waals surface area contributed by atoms with Crippen LogP contribution in [0.25, 0.3) is 5.57 Å². The Morgan fingerprint density at radius 1 is 0.825 bits per heavy atom. The first kappa shape index (κ1) is 34.6. The number of rotatable bonds is 22. The van der Waals surface area contributed by atoms with E-state index < -0.39 is 25.1 Å². The summed E-state index contributed by atoms with van der Waals surface area (Å²) in [6, 6.07) is 11.0. The van der Waals surface area contributed by atoms with Crippen LogP contribution in [0.3, 0.4) is 0 Å². The topological polar surface area (TPSA) is 43.8 Å². The molecule has 0 saturated carbocycles. The zero-order valence-corrected chi connectivity index (χ0v) is 28.6. The molecular weight excluding hydrogens is 610 g/mol. The van der Waals surface area contributed by atoms with E-state index in [1.165, 1.54) is 61.1 Å². The van der Waals surface area contributed by atoms with E-state index >= 15 is 0 Å². The second-order valence-corrected chi connectivity index (χ2v) is 24.0. The standard InChI is InChI=1S/C21H26FN2O3.3C4H9.Sn/c1-17(18-4-7-20(8-5-18)24(2)3)19-6-9-21(23-16-19)27-15-14-26-13-12-25-11-10-22;3*1-3-4-2;/h4-8,16H,1,10-15H2,2-3H3;3*1,3-4H2,2H3;. The Labute approximate surface area is 247 Å². The van der Waals surface area contributed by atoms with Crippen LogP contribution < -0.4 is 13.2 Å². The predicted octanol–water partition coefficient (Wildman–Crippen LogP) is 7.65. The average Bonchev–Trinajstić information content (AvgIpc) is 2.98. The first-order valence-corrected chi connectivity index (χ1v) is 22.7. The van der Waals surface area contributed by atoms with Crippen LogP contribution in [0.5, 0.6) is 5.88 Å². The molecule has 0 spiro atoms. The van der Waals surface area contributed by atoms with Crippen molar-refractivity contribution in [1.82, 2.24) is 4.98 Å². The quantitative estimate of drug-likeness (QED) is 0.0958. The van der Waals surface area contributed by atoms with Crippen LogP contribution in [-0.2, 0) is 9.47 Å². The van der Waals surface area contributed by atoms with Gasteiger partial charge < -0.3 is 0 Å². The van der Waals surface area contributed by atoms with E-state index in [2.05, 4.69) is 76.7 Å². The van der Waals surface area contributed by atoms with Crippen molar-refractivity contribution in [3.8, 4) is 5.88 Å². The minimum atomic E-state index is -2.88. The van der Waals surface area contributed by atoms with Gasteiger partial charge in [0.25, 0.3) is 0 Å². The third-order valence-corrected chi connectivity index (χ3v) is 23.1. The van der Waals surface area contributed by atoms with Crippen LogP contribution in [-0.4, -0.2) is 77.2 Å². The number of benzene rings is 1. The molecule has 0 fully saturated rings. The molecule has 40 heavy (non-hydrogen) atoms. The zero-order valence-electron chi connectivity index (χ0n) is 25.8. The van der Waals surface area contributed by atoms with E-state index in [0.29, 0.717) is 26.4 Å². The number of hydrogen-bond donors (Lipinski definition) is 0. The van der Waals surface area contributed by atoms with Gasteiger partial charge >= 0.3 is 248 Å². The molecule has 0 saturated heterocycles. The molecular formula is C33H53FN2O3Sn. The first-order valence-electron chi connectivity index (χ1n) is 15.2. The van der Waals surface area contributed by atoms with E-state index in [1.54, 1.807) is 0 Å². The number of ether oxygens (including phenoxy) is 3. The van der Waals surface area contributed by atoms with Crippen molar-refractivity contribution in [1.29, 1.82) is 0 Å². The second-order valence-electron chi connectivity index (χ2n) is 10.8. The van der Waals surface area contributed by atoms with Gasteiger partial charge in [0.1, 0.15) is 0 Å². The van der Waals surface area contributed by atoms with Crippen LogP contribution in [0.1, 0.15) is 70.4 Å². The molecule has 0 aliphatic carbocycles. The van der Waals surface area contributed by atoms with Gasteiger partial charge in [0.05, 0.1) is 0 Å². The molecule has 5 nitrogen and oxygen atoms in total. The monoisotopic (exact) mass is 664 g/mol. The Kier molecular flexibility index (Phi) is 16.8. The van der Waals surface area contributed by atoms with Gasteiger partial charge in [-0.25, -0.2) is 0 Å². The van der Waals surface area contributed by atoms with Gasteiger partial charge in [-0.1, -0.05) is 0 Å². The average molecular weight is 664 g/mol. The summed E-state index contributed by atoms with van der Waals surface area (Å²) in [6.07, 6.45) is 9.37. The summed E-state index contributed by atoms with van der Waals surface area (Å²) in [5.41, 5.74) is 4.38. The molecule has 1 heterocycles. The van der Waals surface area contributed by atoms with Gasteiger partial charge in [0, 0.05) is 0 Å². The first-order chi connectivity index (χ1) is 19.4. The molecule has 1 aromatic carbocycles. The van der Waals surface area contributed by atoms with Gasteiger partial charge in [-0.05, 0) is 0 Å². The molecule has 0 aliphatic rings. The van der Waals surface area contributed by atoms with E-state index in [1.807, 2.05) is 6.20 Å². The summed E-state index contributed by atoms with van der Waals surface area (Å²) < 4.78 is 34.8. The van der Waals surface area contributed by atoms with Crippen LogP contribution in [0.4, 0.5) is 10.1 Å². The van der Waals surface area contributed by atoms with E-state index in [4.69, 9.17) is 19.2 Å². The van der Waals surface area contributed by atoms with Crippen molar-refractivity contribution in [3.05, 3.63) is 54.2 Å². The molecule has 0 bridgehead atoms. The Hall–Kier alpha value is -1.64. The van der Waals surface area contributed by atoms with E-state index in [-0.39, 0.29) is 6.61 Å². The number of anilines is 1. The minimum absolute atomic E-state index is 0.118. The van der Waals surface area contributed by atoms with Gasteiger partial charge in [0.15, 0.2) is 0 Å². The van der Waals surface area contributed by atoms with E-state index in [9.17, 15) is 4.39 Å². The number of hydrogen-bond acceptors (Lipinski definition) is 5. The summed E-state index contributed by atoms with van der Waals surface area (Å²) in [6.45, 7) is 12.8. The van der Waals surface area contributed by atoms with Crippen LogP contribution in [0.15, 0.2) is 43.1 Å². The van der Waals surface area contributed by atoms with Crippen LogP contribution in [0, 0.1) is 0 Å². The Bertz CT molecular complexity index is 962. The maximum atomic E-state index is 12.2. The third-order valence-electron chi connectivity index (χ3n) is 7.59. The molecule has 224 valence electrons. The van der Waals surface area contributed by atoms with Gasteiger partial charge in [0.2, 0.25) is 0 Å². The van der Waals surface area contributed by atoms with Crippen molar-refractivity contribution in [2.24, 2.45) is 0 Å². The molecule has 2 aromatic rings. The summed E-state index contributed by atoms with van der Waals surface area (Å²) >= 11 is -2.88. The molecule has 0 unspecified atom stereocenters. The molecule has 1 aromatic heterocycles. The number of pyridine rings is 1. The number of unbranched alkanes of at least 4 members (excludes halogenated alkanes) is 3. The zero-order chi connectivity index (χ0) is 29.2. The molecule has 2 rings (SSSR count). The van der Waals surface area contributed by atoms with Crippen molar-refractivity contribution in [2.45, 2.75) is 72.6 Å². The van der Waals surface area contributed by atoms with Crippen molar-refractivity contribution in [3.63, 3.8) is 0 Å². The van der Waals surface area contributed by atoms with Crippen molar-refractivity contribution >= 4 is 33.2 Å². The summed E-state index contributed by atoms with van der Waals surface area (Å²) in [5.74, 6) is 0.802. The summed E-state index contributed by atoms with van der Waals surface area (Å²) in [7, 11) is 4.11. The normalized spacial score (nSPS) is 11.6. The van der Waals surface area contributed by atoms with Crippen LogP contribution in [0.2, 0.25) is 13.3 Å². The SMILES string of the molecule is C=C(c1ccc(N(C)C)cc1)c1cnc(OCCOCCOCCF)[c]([Sn]([CH2]CCC)([CH2]CCC)[CH2]CCC)c1. The summed E-state index contributed by atoms with van der Waals surface area (Å²) in [5, 5.41) is 0. The van der Waals surface area contributed by atoms with Gasteiger partial charge in [-0.2, -0.15) is 0 Å². The Morgan fingerprint density at radius 3 is 1.90 bits per heavy atom. The third kappa shape index (κ3) is 11.0. The molecule has 0 radical (unpaired) electrons. The number of halogens is 1. The fraction of sp³-hybridized carbons (Fsp3) is 0.606. The number of nitrogens with zero attached hydrogens (tertiary/aromatic N) is 2.